The van der Waals surface area contributed by atoms with Crippen LogP contribution in [-0.4, -0.2) is 34.7 Å². The molecular weight excluding hydrogens is 241 g/mol. The minimum absolute atomic E-state index is 0.115. The fraction of sp³-hybridized carbons (Fsp3) is 0.273. The van der Waals surface area contributed by atoms with E-state index in [1.807, 2.05) is 0 Å². The minimum atomic E-state index is -1.48. The first-order valence-electron chi connectivity index (χ1n) is 5.20. The van der Waals surface area contributed by atoms with E-state index >= 15 is 0 Å². The smallest absolute Gasteiger partial charge is 0.415 e. The molecule has 0 aromatic heterocycles. The quantitative estimate of drug-likeness (QED) is 0.737. The Balaban J connectivity index is 2.66. The third kappa shape index (κ3) is 3.70. The van der Waals surface area contributed by atoms with E-state index in [0.29, 0.717) is 10.5 Å². The molecule has 1 rings (SSSR count). The number of carbonyl (C=O) groups is 2. The number of hydrogen-bond donors (Lipinski definition) is 3. The highest BCUT2D eigenvalue weighted by Gasteiger charge is 2.21. The fourth-order valence-electron chi connectivity index (χ4n) is 1.51. The lowest BCUT2D eigenvalue weighted by Gasteiger charge is -2.19. The van der Waals surface area contributed by atoms with Crippen LogP contribution in [0.15, 0.2) is 24.3 Å². The molecule has 0 aliphatic heterocycles. The highest BCUT2D eigenvalue weighted by molar-refractivity contribution is 5.88. The summed E-state index contributed by atoms with van der Waals surface area (Å²) in [5.41, 5.74) is 10.9. The number of nitrogens with zero attached hydrogens (tertiary/aromatic N) is 1. The second-order valence-corrected chi connectivity index (χ2v) is 3.79. The van der Waals surface area contributed by atoms with Crippen LogP contribution in [0.1, 0.15) is 5.56 Å². The monoisotopic (exact) mass is 255 g/mol. The first kappa shape index (κ1) is 13.9. The first-order valence-corrected chi connectivity index (χ1v) is 5.20. The number of nitrogens with two attached hydrogens (primary N) is 2. The zero-order valence-electron chi connectivity index (χ0n) is 9.54. The Labute approximate surface area is 103 Å². The zero-order valence-corrected chi connectivity index (χ0v) is 9.54. The number of rotatable bonds is 4. The van der Waals surface area contributed by atoms with Gasteiger partial charge < -0.3 is 16.6 Å². The third-order valence-corrected chi connectivity index (χ3v) is 2.35. The molecule has 1 unspecified atom stereocenters. The summed E-state index contributed by atoms with van der Waals surface area (Å²) < 4.78 is 13.3. The lowest BCUT2D eigenvalue weighted by Crippen LogP contribution is -2.47. The van der Waals surface area contributed by atoms with Gasteiger partial charge in [0.25, 0.3) is 0 Å². The highest BCUT2D eigenvalue weighted by atomic mass is 19.1. The van der Waals surface area contributed by atoms with Gasteiger partial charge in [0.2, 0.25) is 0 Å². The van der Waals surface area contributed by atoms with Crippen molar-refractivity contribution >= 4 is 12.1 Å². The maximum absolute atomic E-state index is 13.3. The van der Waals surface area contributed by atoms with Gasteiger partial charge in [-0.15, -0.1) is 0 Å². The van der Waals surface area contributed by atoms with Gasteiger partial charge in [0.15, 0.2) is 0 Å². The van der Waals surface area contributed by atoms with Gasteiger partial charge in [-0.25, -0.2) is 18.9 Å². The second-order valence-electron chi connectivity index (χ2n) is 3.79. The summed E-state index contributed by atoms with van der Waals surface area (Å²) in [4.78, 5) is 21.9. The molecular formula is C11H14FN3O3. The van der Waals surface area contributed by atoms with E-state index in [4.69, 9.17) is 16.6 Å². The van der Waals surface area contributed by atoms with Crippen LogP contribution in [0.3, 0.4) is 0 Å². The van der Waals surface area contributed by atoms with Crippen LogP contribution in [0.25, 0.3) is 0 Å². The van der Waals surface area contributed by atoms with E-state index in [1.165, 1.54) is 12.1 Å². The number of hydrogen-bond acceptors (Lipinski definition) is 3. The van der Waals surface area contributed by atoms with E-state index < -0.39 is 24.0 Å². The largest absolute Gasteiger partial charge is 0.465 e. The van der Waals surface area contributed by atoms with Crippen LogP contribution in [0.5, 0.6) is 0 Å². The normalized spacial score (nSPS) is 11.9. The summed E-state index contributed by atoms with van der Waals surface area (Å²) in [6.07, 6.45) is -1.37. The van der Waals surface area contributed by atoms with Crippen LogP contribution in [0.4, 0.5) is 14.0 Å². The van der Waals surface area contributed by atoms with E-state index in [1.54, 1.807) is 12.1 Å². The maximum Gasteiger partial charge on any atom is 0.415 e. The lowest BCUT2D eigenvalue weighted by atomic mass is 10.1. The molecule has 1 aromatic rings. The maximum atomic E-state index is 13.3. The van der Waals surface area contributed by atoms with Gasteiger partial charge in [0.05, 0.1) is 0 Å². The molecule has 98 valence electrons. The molecule has 1 aromatic carbocycles. The number of benzene rings is 1. The van der Waals surface area contributed by atoms with E-state index in [-0.39, 0.29) is 13.0 Å². The van der Waals surface area contributed by atoms with Gasteiger partial charge in [-0.3, -0.25) is 0 Å². The summed E-state index contributed by atoms with van der Waals surface area (Å²) in [5, 5.41) is 8.71. The van der Waals surface area contributed by atoms with Crippen LogP contribution in [0.2, 0.25) is 0 Å². The molecule has 0 fully saturated rings. The van der Waals surface area contributed by atoms with Crippen molar-refractivity contribution < 1.29 is 19.1 Å². The Morgan fingerprint density at radius 3 is 2.50 bits per heavy atom. The summed E-state index contributed by atoms with van der Waals surface area (Å²) >= 11 is 0. The van der Waals surface area contributed by atoms with E-state index in [2.05, 4.69) is 0 Å². The Morgan fingerprint density at radius 1 is 1.39 bits per heavy atom. The molecule has 7 heteroatoms. The number of imide groups is 1. The molecule has 5 N–H and O–H groups in total. The molecule has 0 saturated heterocycles. The molecule has 0 saturated carbocycles. The molecule has 0 radical (unpaired) electrons. The number of amides is 3. The predicted molar refractivity (Wildman–Crippen MR) is 62.4 cm³/mol. The molecule has 3 amide bonds. The molecule has 0 aliphatic carbocycles. The number of carboxylic acid groups (broad SMARTS) is 1. The average molecular weight is 255 g/mol. The van der Waals surface area contributed by atoms with Crippen LogP contribution in [-0.2, 0) is 6.42 Å². The van der Waals surface area contributed by atoms with Crippen molar-refractivity contribution in [1.29, 1.82) is 0 Å². The van der Waals surface area contributed by atoms with Gasteiger partial charge >= 0.3 is 12.1 Å². The molecule has 0 heterocycles. The molecule has 18 heavy (non-hydrogen) atoms. The number of primary amides is 1. The van der Waals surface area contributed by atoms with Crippen molar-refractivity contribution in [3.05, 3.63) is 35.6 Å². The summed E-state index contributed by atoms with van der Waals surface area (Å²) in [7, 11) is 0. The second kappa shape index (κ2) is 5.97. The van der Waals surface area contributed by atoms with Crippen LogP contribution in [0, 0.1) is 5.82 Å². The standard InChI is InChI=1S/C11H14FN3O3/c12-9-4-2-1-3-7(9)5-8(13)6-15(10(14)16)11(17)18/h1-4,8H,5-6,13H2,(H2,14,16)(H,17,18). The Hall–Kier alpha value is -2.15. The molecule has 1 atom stereocenters. The van der Waals surface area contributed by atoms with Crippen molar-refractivity contribution in [3.63, 3.8) is 0 Å². The lowest BCUT2D eigenvalue weighted by molar-refractivity contribution is 0.148. The van der Waals surface area contributed by atoms with Gasteiger partial charge in [0.1, 0.15) is 5.82 Å². The summed E-state index contributed by atoms with van der Waals surface area (Å²) in [5.74, 6) is -0.422. The van der Waals surface area contributed by atoms with Crippen molar-refractivity contribution in [2.24, 2.45) is 11.5 Å². The van der Waals surface area contributed by atoms with E-state index in [9.17, 15) is 14.0 Å². The highest BCUT2D eigenvalue weighted by Crippen LogP contribution is 2.09. The molecule has 0 spiro atoms. The van der Waals surface area contributed by atoms with Crippen LogP contribution >= 0.6 is 0 Å². The first-order chi connectivity index (χ1) is 8.41. The number of urea groups is 1. The molecule has 0 bridgehead atoms. The van der Waals surface area contributed by atoms with Crippen molar-refractivity contribution in [3.8, 4) is 0 Å². The predicted octanol–water partition coefficient (Wildman–Crippen LogP) is 0.754. The minimum Gasteiger partial charge on any atom is -0.465 e. The van der Waals surface area contributed by atoms with Crippen molar-refractivity contribution in [2.75, 3.05) is 6.54 Å². The topological polar surface area (TPSA) is 110 Å². The third-order valence-electron chi connectivity index (χ3n) is 2.35. The summed E-state index contributed by atoms with van der Waals surface area (Å²) in [6, 6.07) is 4.19. The van der Waals surface area contributed by atoms with Crippen molar-refractivity contribution in [1.82, 2.24) is 4.90 Å². The average Bonchev–Trinajstić information content (AvgIpc) is 2.28. The number of halogens is 1. The zero-order chi connectivity index (χ0) is 13.7. The van der Waals surface area contributed by atoms with Crippen molar-refractivity contribution in [2.45, 2.75) is 12.5 Å². The Morgan fingerprint density at radius 2 is 2.00 bits per heavy atom. The van der Waals surface area contributed by atoms with E-state index in [0.717, 1.165) is 0 Å². The molecule has 6 nitrogen and oxygen atoms in total. The van der Waals surface area contributed by atoms with Gasteiger partial charge in [-0.05, 0) is 18.1 Å². The van der Waals surface area contributed by atoms with Gasteiger partial charge in [-0.1, -0.05) is 18.2 Å². The fourth-order valence-corrected chi connectivity index (χ4v) is 1.51. The SMILES string of the molecule is NC(=O)N(CC(N)Cc1ccccc1F)C(=O)O. The Bertz CT molecular complexity index is 439. The summed E-state index contributed by atoms with van der Waals surface area (Å²) in [6.45, 7) is -0.279. The molecule has 0 aliphatic rings. The van der Waals surface area contributed by atoms with Crippen LogP contribution < -0.4 is 11.5 Å². The Kier molecular flexibility index (Phi) is 4.61. The van der Waals surface area contributed by atoms with Gasteiger partial charge in [0, 0.05) is 12.6 Å². The number of carbonyl (C=O) groups excluding carboxylic acids is 1. The van der Waals surface area contributed by atoms with Gasteiger partial charge in [-0.2, -0.15) is 0 Å².